The van der Waals surface area contributed by atoms with E-state index in [1.54, 1.807) is 6.07 Å². The maximum Gasteiger partial charge on any atom is 0.416 e. The Balaban J connectivity index is 2.10. The summed E-state index contributed by atoms with van der Waals surface area (Å²) in [5, 5.41) is 3.26. The predicted molar refractivity (Wildman–Crippen MR) is 65.3 cm³/mol. The minimum Gasteiger partial charge on any atom is -0.317 e. The lowest BCUT2D eigenvalue weighted by Gasteiger charge is -2.19. The zero-order chi connectivity index (χ0) is 13.2. The van der Waals surface area contributed by atoms with E-state index in [1.165, 1.54) is 12.1 Å². The fourth-order valence-electron chi connectivity index (χ4n) is 2.84. The van der Waals surface area contributed by atoms with Gasteiger partial charge in [0.05, 0.1) is 5.56 Å². The highest BCUT2D eigenvalue weighted by Crippen LogP contribution is 2.32. The molecule has 1 saturated carbocycles. The molecule has 1 aliphatic rings. The molecule has 2 rings (SSSR count). The number of halogens is 3. The van der Waals surface area contributed by atoms with Crippen molar-refractivity contribution in [3.05, 3.63) is 35.4 Å². The first kappa shape index (κ1) is 13.4. The number of hydrogen-bond acceptors (Lipinski definition) is 1. The summed E-state index contributed by atoms with van der Waals surface area (Å²) in [6.07, 6.45) is -0.124. The highest BCUT2D eigenvalue weighted by molar-refractivity contribution is 5.26. The molecule has 0 heterocycles. The zero-order valence-corrected chi connectivity index (χ0v) is 10.4. The second kappa shape index (κ2) is 5.31. The molecule has 0 saturated heterocycles. The molecule has 0 spiro atoms. The van der Waals surface area contributed by atoms with Crippen LogP contribution < -0.4 is 5.32 Å². The molecule has 100 valence electrons. The Morgan fingerprint density at radius 3 is 2.72 bits per heavy atom. The SMILES string of the molecule is CNC1CCCC1Cc1cccc(C(F)(F)F)c1. The second-order valence-corrected chi connectivity index (χ2v) is 4.99. The molecule has 1 aliphatic carbocycles. The Bertz CT molecular complexity index is 400. The van der Waals surface area contributed by atoms with Gasteiger partial charge in [-0.1, -0.05) is 24.6 Å². The Morgan fingerprint density at radius 1 is 1.28 bits per heavy atom. The van der Waals surface area contributed by atoms with Crippen molar-refractivity contribution in [1.29, 1.82) is 0 Å². The van der Waals surface area contributed by atoms with Gasteiger partial charge in [0.1, 0.15) is 0 Å². The normalized spacial score (nSPS) is 24.4. The third-order valence-corrected chi connectivity index (χ3v) is 3.78. The molecule has 0 aromatic heterocycles. The van der Waals surface area contributed by atoms with Gasteiger partial charge in [-0.15, -0.1) is 0 Å². The predicted octanol–water partition coefficient (Wildman–Crippen LogP) is 3.64. The highest BCUT2D eigenvalue weighted by Gasteiger charge is 2.31. The summed E-state index contributed by atoms with van der Waals surface area (Å²) in [6.45, 7) is 0. The van der Waals surface area contributed by atoms with E-state index in [1.807, 2.05) is 7.05 Å². The van der Waals surface area contributed by atoms with Gasteiger partial charge in [-0.3, -0.25) is 0 Å². The number of benzene rings is 1. The molecule has 2 unspecified atom stereocenters. The topological polar surface area (TPSA) is 12.0 Å². The van der Waals surface area contributed by atoms with E-state index in [0.29, 0.717) is 12.0 Å². The zero-order valence-electron chi connectivity index (χ0n) is 10.4. The van der Waals surface area contributed by atoms with Crippen LogP contribution in [-0.4, -0.2) is 13.1 Å². The molecule has 0 aliphatic heterocycles. The summed E-state index contributed by atoms with van der Waals surface area (Å²) in [4.78, 5) is 0. The Labute approximate surface area is 105 Å². The molecule has 1 fully saturated rings. The number of nitrogens with one attached hydrogen (secondary N) is 1. The van der Waals surface area contributed by atoms with E-state index in [-0.39, 0.29) is 0 Å². The molecule has 0 bridgehead atoms. The van der Waals surface area contributed by atoms with Crippen molar-refractivity contribution in [3.8, 4) is 0 Å². The van der Waals surface area contributed by atoms with Crippen molar-refractivity contribution < 1.29 is 13.2 Å². The van der Waals surface area contributed by atoms with Gasteiger partial charge >= 0.3 is 6.18 Å². The number of hydrogen-bond donors (Lipinski definition) is 1. The third-order valence-electron chi connectivity index (χ3n) is 3.78. The first-order chi connectivity index (χ1) is 8.50. The quantitative estimate of drug-likeness (QED) is 0.871. The largest absolute Gasteiger partial charge is 0.416 e. The lowest BCUT2D eigenvalue weighted by Crippen LogP contribution is -2.30. The molecule has 1 N–H and O–H groups in total. The van der Waals surface area contributed by atoms with Crippen molar-refractivity contribution in [2.75, 3.05) is 7.05 Å². The van der Waals surface area contributed by atoms with Crippen LogP contribution in [0.15, 0.2) is 24.3 Å². The minimum absolute atomic E-state index is 0.444. The maximum absolute atomic E-state index is 12.6. The van der Waals surface area contributed by atoms with Crippen LogP contribution in [0, 0.1) is 5.92 Å². The maximum atomic E-state index is 12.6. The van der Waals surface area contributed by atoms with Crippen molar-refractivity contribution in [3.63, 3.8) is 0 Å². The summed E-state index contributed by atoms with van der Waals surface area (Å²) < 4.78 is 37.8. The number of alkyl halides is 3. The monoisotopic (exact) mass is 257 g/mol. The van der Waals surface area contributed by atoms with Gasteiger partial charge < -0.3 is 5.32 Å². The van der Waals surface area contributed by atoms with E-state index in [0.717, 1.165) is 37.3 Å². The molecule has 0 amide bonds. The lowest BCUT2D eigenvalue weighted by atomic mass is 9.94. The van der Waals surface area contributed by atoms with Crippen LogP contribution in [0.3, 0.4) is 0 Å². The highest BCUT2D eigenvalue weighted by atomic mass is 19.4. The molecule has 1 aromatic carbocycles. The Hall–Kier alpha value is -1.03. The van der Waals surface area contributed by atoms with Gasteiger partial charge in [-0.05, 0) is 43.9 Å². The van der Waals surface area contributed by atoms with Crippen LogP contribution in [0.1, 0.15) is 30.4 Å². The average molecular weight is 257 g/mol. The standard InChI is InChI=1S/C14H18F3N/c1-18-13-7-3-5-11(13)8-10-4-2-6-12(9-10)14(15,16)17/h2,4,6,9,11,13,18H,3,5,7-8H2,1H3. The van der Waals surface area contributed by atoms with Gasteiger partial charge in [0.25, 0.3) is 0 Å². The summed E-state index contributed by atoms with van der Waals surface area (Å²) in [5.41, 5.74) is 0.246. The van der Waals surface area contributed by atoms with Crippen molar-refractivity contribution >= 4 is 0 Å². The van der Waals surface area contributed by atoms with Crippen LogP contribution in [0.2, 0.25) is 0 Å². The average Bonchev–Trinajstić information content (AvgIpc) is 2.75. The van der Waals surface area contributed by atoms with Crippen LogP contribution in [0.4, 0.5) is 13.2 Å². The van der Waals surface area contributed by atoms with Crippen molar-refractivity contribution in [2.24, 2.45) is 5.92 Å². The first-order valence-electron chi connectivity index (χ1n) is 6.34. The first-order valence-corrected chi connectivity index (χ1v) is 6.34. The molecule has 1 nitrogen and oxygen atoms in total. The van der Waals surface area contributed by atoms with Gasteiger partial charge in [0.2, 0.25) is 0 Å². The molecular weight excluding hydrogens is 239 g/mol. The number of rotatable bonds is 3. The van der Waals surface area contributed by atoms with E-state index in [4.69, 9.17) is 0 Å². The van der Waals surface area contributed by atoms with Crippen LogP contribution >= 0.6 is 0 Å². The molecule has 1 aromatic rings. The van der Waals surface area contributed by atoms with E-state index >= 15 is 0 Å². The van der Waals surface area contributed by atoms with Gasteiger partial charge in [0, 0.05) is 6.04 Å². The van der Waals surface area contributed by atoms with E-state index in [2.05, 4.69) is 5.32 Å². The third kappa shape index (κ3) is 3.05. The Kier molecular flexibility index (Phi) is 3.95. The molecular formula is C14H18F3N. The van der Waals surface area contributed by atoms with Crippen LogP contribution in [0.25, 0.3) is 0 Å². The van der Waals surface area contributed by atoms with Crippen LogP contribution in [-0.2, 0) is 12.6 Å². The second-order valence-electron chi connectivity index (χ2n) is 4.99. The van der Waals surface area contributed by atoms with Crippen LogP contribution in [0.5, 0.6) is 0 Å². The molecule has 0 radical (unpaired) electrons. The molecule has 18 heavy (non-hydrogen) atoms. The summed E-state index contributed by atoms with van der Waals surface area (Å²) in [6, 6.07) is 6.15. The summed E-state index contributed by atoms with van der Waals surface area (Å²) in [5.74, 6) is 0.457. The van der Waals surface area contributed by atoms with E-state index in [9.17, 15) is 13.2 Å². The minimum atomic E-state index is -4.24. The fourth-order valence-corrected chi connectivity index (χ4v) is 2.84. The van der Waals surface area contributed by atoms with Crippen molar-refractivity contribution in [2.45, 2.75) is 37.9 Å². The fraction of sp³-hybridized carbons (Fsp3) is 0.571. The van der Waals surface area contributed by atoms with Gasteiger partial charge in [0.15, 0.2) is 0 Å². The molecule has 2 atom stereocenters. The molecule has 4 heteroatoms. The smallest absolute Gasteiger partial charge is 0.317 e. The summed E-state index contributed by atoms with van der Waals surface area (Å²) >= 11 is 0. The van der Waals surface area contributed by atoms with Gasteiger partial charge in [-0.25, -0.2) is 0 Å². The summed E-state index contributed by atoms with van der Waals surface area (Å²) in [7, 11) is 1.93. The van der Waals surface area contributed by atoms with E-state index < -0.39 is 11.7 Å². The van der Waals surface area contributed by atoms with Gasteiger partial charge in [-0.2, -0.15) is 13.2 Å². The van der Waals surface area contributed by atoms with Crippen molar-refractivity contribution in [1.82, 2.24) is 5.32 Å². The Morgan fingerprint density at radius 2 is 2.06 bits per heavy atom. The lowest BCUT2D eigenvalue weighted by molar-refractivity contribution is -0.137.